The van der Waals surface area contributed by atoms with Crippen molar-refractivity contribution >= 4 is 10.1 Å². The van der Waals surface area contributed by atoms with Crippen LogP contribution in [0.1, 0.15) is 19.8 Å². The zero-order chi connectivity index (χ0) is 12.2. The molecule has 0 aliphatic carbocycles. The molecular weight excluding hydrogens is 234 g/mol. The SMILES string of the molecule is CC1CC(CO)(NCCCS(=O)(=O)O)CO1. The number of rotatable bonds is 6. The zero-order valence-corrected chi connectivity index (χ0v) is 10.2. The summed E-state index contributed by atoms with van der Waals surface area (Å²) in [7, 11) is -3.89. The Kier molecular flexibility index (Phi) is 4.69. The minimum Gasteiger partial charge on any atom is -0.394 e. The quantitative estimate of drug-likeness (QED) is 0.432. The van der Waals surface area contributed by atoms with Crippen LogP contribution in [0.5, 0.6) is 0 Å². The van der Waals surface area contributed by atoms with Gasteiger partial charge in [0.15, 0.2) is 0 Å². The van der Waals surface area contributed by atoms with Crippen molar-refractivity contribution in [2.75, 3.05) is 25.5 Å². The summed E-state index contributed by atoms with van der Waals surface area (Å²) >= 11 is 0. The van der Waals surface area contributed by atoms with E-state index in [4.69, 9.17) is 9.29 Å². The zero-order valence-electron chi connectivity index (χ0n) is 9.35. The fraction of sp³-hybridized carbons (Fsp3) is 1.00. The van der Waals surface area contributed by atoms with Crippen molar-refractivity contribution in [2.45, 2.75) is 31.4 Å². The number of ether oxygens (including phenoxy) is 1. The highest BCUT2D eigenvalue weighted by atomic mass is 32.2. The molecule has 6 nitrogen and oxygen atoms in total. The van der Waals surface area contributed by atoms with Crippen LogP contribution in [0.15, 0.2) is 0 Å². The fourth-order valence-electron chi connectivity index (χ4n) is 1.87. The molecule has 0 radical (unpaired) electrons. The molecule has 7 heteroatoms. The second kappa shape index (κ2) is 5.42. The molecule has 0 aromatic heterocycles. The van der Waals surface area contributed by atoms with E-state index < -0.39 is 15.7 Å². The molecule has 0 saturated carbocycles. The number of hydrogen-bond donors (Lipinski definition) is 3. The summed E-state index contributed by atoms with van der Waals surface area (Å²) in [5.74, 6) is -0.266. The molecule has 2 unspecified atom stereocenters. The molecule has 0 amide bonds. The summed E-state index contributed by atoms with van der Waals surface area (Å²) in [6.07, 6.45) is 1.12. The standard InChI is InChI=1S/C9H19NO5S/c1-8-5-9(6-11,7-15-8)10-3-2-4-16(12,13)14/h8,10-11H,2-7H2,1H3,(H,12,13,14). The molecule has 2 atom stereocenters. The number of aliphatic hydroxyl groups is 1. The molecule has 0 spiro atoms. The monoisotopic (exact) mass is 253 g/mol. The molecule has 96 valence electrons. The van der Waals surface area contributed by atoms with Crippen LogP contribution in [0.4, 0.5) is 0 Å². The Morgan fingerprint density at radius 2 is 2.25 bits per heavy atom. The molecule has 3 N–H and O–H groups in total. The molecular formula is C9H19NO5S. The first-order chi connectivity index (χ1) is 7.37. The predicted octanol–water partition coefficient (Wildman–Crippen LogP) is -0.606. The van der Waals surface area contributed by atoms with Gasteiger partial charge in [0, 0.05) is 0 Å². The largest absolute Gasteiger partial charge is 0.394 e. The summed E-state index contributed by atoms with van der Waals surface area (Å²) in [5.41, 5.74) is -0.460. The van der Waals surface area contributed by atoms with Gasteiger partial charge in [-0.2, -0.15) is 8.42 Å². The van der Waals surface area contributed by atoms with E-state index in [9.17, 15) is 13.5 Å². The first kappa shape index (κ1) is 13.9. The van der Waals surface area contributed by atoms with Gasteiger partial charge in [-0.25, -0.2) is 0 Å². The van der Waals surface area contributed by atoms with Gasteiger partial charge in [-0.3, -0.25) is 4.55 Å². The molecule has 1 fully saturated rings. The van der Waals surface area contributed by atoms with Gasteiger partial charge < -0.3 is 15.2 Å². The van der Waals surface area contributed by atoms with Crippen molar-refractivity contribution in [1.82, 2.24) is 5.32 Å². The van der Waals surface area contributed by atoms with Crippen LogP contribution in [-0.2, 0) is 14.9 Å². The van der Waals surface area contributed by atoms with Gasteiger partial charge in [0.05, 0.1) is 30.6 Å². The van der Waals surface area contributed by atoms with E-state index in [1.165, 1.54) is 0 Å². The van der Waals surface area contributed by atoms with Crippen molar-refractivity contribution in [3.05, 3.63) is 0 Å². The summed E-state index contributed by atoms with van der Waals surface area (Å²) in [5, 5.41) is 12.4. The lowest BCUT2D eigenvalue weighted by atomic mass is 9.97. The Morgan fingerprint density at radius 1 is 1.56 bits per heavy atom. The van der Waals surface area contributed by atoms with Gasteiger partial charge in [-0.15, -0.1) is 0 Å². The highest BCUT2D eigenvalue weighted by Crippen LogP contribution is 2.23. The normalized spacial score (nSPS) is 30.8. The number of aliphatic hydroxyl groups excluding tert-OH is 1. The third-order valence-electron chi connectivity index (χ3n) is 2.70. The average molecular weight is 253 g/mol. The average Bonchev–Trinajstić information content (AvgIpc) is 2.55. The fourth-order valence-corrected chi connectivity index (χ4v) is 2.38. The van der Waals surface area contributed by atoms with Gasteiger partial charge in [0.2, 0.25) is 0 Å². The third kappa shape index (κ3) is 4.34. The molecule has 1 saturated heterocycles. The number of hydrogen-bond acceptors (Lipinski definition) is 5. The van der Waals surface area contributed by atoms with Crippen LogP contribution in [0.25, 0.3) is 0 Å². The van der Waals surface area contributed by atoms with Gasteiger partial charge in [0.1, 0.15) is 0 Å². The van der Waals surface area contributed by atoms with E-state index in [2.05, 4.69) is 5.32 Å². The van der Waals surface area contributed by atoms with E-state index in [0.29, 0.717) is 26.0 Å². The second-order valence-corrected chi connectivity index (χ2v) is 5.90. The van der Waals surface area contributed by atoms with Crippen LogP contribution in [0, 0.1) is 0 Å². The maximum atomic E-state index is 10.5. The van der Waals surface area contributed by atoms with Gasteiger partial charge in [-0.1, -0.05) is 0 Å². The lowest BCUT2D eigenvalue weighted by Gasteiger charge is -2.26. The Balaban J connectivity index is 2.30. The van der Waals surface area contributed by atoms with E-state index in [1.54, 1.807) is 0 Å². The summed E-state index contributed by atoms with van der Waals surface area (Å²) in [6, 6.07) is 0. The predicted molar refractivity (Wildman–Crippen MR) is 58.9 cm³/mol. The third-order valence-corrected chi connectivity index (χ3v) is 3.51. The van der Waals surface area contributed by atoms with E-state index in [-0.39, 0.29) is 18.5 Å². The minimum atomic E-state index is -3.89. The summed E-state index contributed by atoms with van der Waals surface area (Å²) in [4.78, 5) is 0. The molecule has 0 aromatic rings. The Bertz CT molecular complexity index is 318. The molecule has 16 heavy (non-hydrogen) atoms. The van der Waals surface area contributed by atoms with Crippen molar-refractivity contribution in [3.63, 3.8) is 0 Å². The molecule has 0 aromatic carbocycles. The Hall–Kier alpha value is -0.210. The lowest BCUT2D eigenvalue weighted by molar-refractivity contribution is 0.0954. The smallest absolute Gasteiger partial charge is 0.264 e. The maximum absolute atomic E-state index is 10.5. The molecule has 1 heterocycles. The van der Waals surface area contributed by atoms with Gasteiger partial charge >= 0.3 is 0 Å². The van der Waals surface area contributed by atoms with E-state index in [1.807, 2.05) is 6.92 Å². The first-order valence-electron chi connectivity index (χ1n) is 5.29. The minimum absolute atomic E-state index is 0.0385. The van der Waals surface area contributed by atoms with Crippen LogP contribution >= 0.6 is 0 Å². The first-order valence-corrected chi connectivity index (χ1v) is 6.90. The molecule has 0 bridgehead atoms. The Morgan fingerprint density at radius 3 is 2.69 bits per heavy atom. The van der Waals surface area contributed by atoms with Crippen LogP contribution in [0.3, 0.4) is 0 Å². The van der Waals surface area contributed by atoms with Crippen molar-refractivity contribution in [3.8, 4) is 0 Å². The number of nitrogens with one attached hydrogen (secondary N) is 1. The molecule has 1 rings (SSSR count). The maximum Gasteiger partial charge on any atom is 0.264 e. The van der Waals surface area contributed by atoms with Crippen molar-refractivity contribution in [1.29, 1.82) is 0 Å². The van der Waals surface area contributed by atoms with Crippen molar-refractivity contribution in [2.24, 2.45) is 0 Å². The van der Waals surface area contributed by atoms with Gasteiger partial charge in [0.25, 0.3) is 10.1 Å². The van der Waals surface area contributed by atoms with Crippen LogP contribution in [-0.4, -0.2) is 55.2 Å². The highest BCUT2D eigenvalue weighted by Gasteiger charge is 2.37. The molecule has 1 aliphatic heterocycles. The van der Waals surface area contributed by atoms with Crippen LogP contribution in [0.2, 0.25) is 0 Å². The lowest BCUT2D eigenvalue weighted by Crippen LogP contribution is -2.49. The van der Waals surface area contributed by atoms with Crippen molar-refractivity contribution < 1.29 is 22.8 Å². The Labute approximate surface area is 95.7 Å². The topological polar surface area (TPSA) is 95.9 Å². The summed E-state index contributed by atoms with van der Waals surface area (Å²) < 4.78 is 34.9. The van der Waals surface area contributed by atoms with E-state index >= 15 is 0 Å². The van der Waals surface area contributed by atoms with E-state index in [0.717, 1.165) is 0 Å². The highest BCUT2D eigenvalue weighted by molar-refractivity contribution is 7.85. The van der Waals surface area contributed by atoms with Crippen LogP contribution < -0.4 is 5.32 Å². The summed E-state index contributed by atoms with van der Waals surface area (Å²) in [6.45, 7) is 2.74. The molecule has 1 aliphatic rings. The second-order valence-electron chi connectivity index (χ2n) is 4.33. The van der Waals surface area contributed by atoms with Gasteiger partial charge in [-0.05, 0) is 26.3 Å².